The van der Waals surface area contributed by atoms with Gasteiger partial charge in [0.2, 0.25) is 0 Å². The number of nitrogens with zero attached hydrogens (tertiary/aromatic N) is 3. The van der Waals surface area contributed by atoms with E-state index in [2.05, 4.69) is 14.9 Å². The number of aryl methyl sites for hydroxylation is 2. The third-order valence-electron chi connectivity index (χ3n) is 5.62. The maximum Gasteiger partial charge on any atom is 0.141 e. The minimum absolute atomic E-state index is 0.205. The highest BCUT2D eigenvalue weighted by Gasteiger charge is 2.26. The number of aromatic nitrogens is 2. The standard InChI is InChI=1S/C21H22FN3OS/c22-15-6-4-14(5-7-15)12-26-16-8-10-25(11-9-16)20-19-17-2-1-3-18(17)27-21(19)24-13-23-20/h4-7,13,16H,1-3,8-12H2. The number of halogens is 1. The number of hydrogen-bond acceptors (Lipinski definition) is 5. The molecule has 2 aromatic heterocycles. The number of anilines is 1. The van der Waals surface area contributed by atoms with Gasteiger partial charge in [0.25, 0.3) is 0 Å². The average Bonchev–Trinajstić information content (AvgIpc) is 3.29. The Bertz CT molecular complexity index is 948. The van der Waals surface area contributed by atoms with E-state index in [0.29, 0.717) is 6.61 Å². The van der Waals surface area contributed by atoms with Crippen molar-refractivity contribution in [2.24, 2.45) is 0 Å². The lowest BCUT2D eigenvalue weighted by Gasteiger charge is -2.33. The first-order valence-electron chi connectivity index (χ1n) is 9.64. The van der Waals surface area contributed by atoms with Gasteiger partial charge in [0, 0.05) is 18.0 Å². The number of benzene rings is 1. The molecule has 2 aliphatic rings. The van der Waals surface area contributed by atoms with E-state index in [1.54, 1.807) is 18.5 Å². The maximum atomic E-state index is 13.0. The monoisotopic (exact) mass is 383 g/mol. The third-order valence-corrected chi connectivity index (χ3v) is 6.82. The summed E-state index contributed by atoms with van der Waals surface area (Å²) in [6.07, 6.45) is 7.53. The Labute approximate surface area is 162 Å². The predicted molar refractivity (Wildman–Crippen MR) is 106 cm³/mol. The molecule has 1 saturated heterocycles. The second-order valence-corrected chi connectivity index (χ2v) is 8.44. The summed E-state index contributed by atoms with van der Waals surface area (Å²) in [4.78, 5) is 14.2. The van der Waals surface area contributed by atoms with E-state index < -0.39 is 0 Å². The first-order valence-corrected chi connectivity index (χ1v) is 10.5. The van der Waals surface area contributed by atoms with Crippen molar-refractivity contribution in [1.82, 2.24) is 9.97 Å². The molecule has 0 spiro atoms. The van der Waals surface area contributed by atoms with Crippen LogP contribution in [0.15, 0.2) is 30.6 Å². The van der Waals surface area contributed by atoms with Gasteiger partial charge in [0.1, 0.15) is 22.8 Å². The summed E-state index contributed by atoms with van der Waals surface area (Å²) < 4.78 is 19.1. The molecule has 0 radical (unpaired) electrons. The average molecular weight is 383 g/mol. The molecule has 0 unspecified atom stereocenters. The Kier molecular flexibility index (Phi) is 4.53. The highest BCUT2D eigenvalue weighted by molar-refractivity contribution is 7.19. The second kappa shape index (κ2) is 7.17. The Morgan fingerprint density at radius 2 is 1.93 bits per heavy atom. The summed E-state index contributed by atoms with van der Waals surface area (Å²) in [5, 5.41) is 1.29. The van der Waals surface area contributed by atoms with E-state index in [-0.39, 0.29) is 11.9 Å². The molecule has 0 N–H and O–H groups in total. The SMILES string of the molecule is Fc1ccc(COC2CCN(c3ncnc4sc5c(c34)CCC5)CC2)cc1. The summed E-state index contributed by atoms with van der Waals surface area (Å²) in [7, 11) is 0. The molecule has 6 heteroatoms. The lowest BCUT2D eigenvalue weighted by Crippen LogP contribution is -2.37. The van der Waals surface area contributed by atoms with Gasteiger partial charge in [-0.15, -0.1) is 11.3 Å². The van der Waals surface area contributed by atoms with Crippen molar-refractivity contribution in [3.63, 3.8) is 0 Å². The normalized spacial score (nSPS) is 17.6. The summed E-state index contributed by atoms with van der Waals surface area (Å²) in [6.45, 7) is 2.44. The Morgan fingerprint density at radius 1 is 1.11 bits per heavy atom. The third kappa shape index (κ3) is 3.32. The minimum Gasteiger partial charge on any atom is -0.373 e. The number of ether oxygens (including phenoxy) is 1. The summed E-state index contributed by atoms with van der Waals surface area (Å²) in [5.41, 5.74) is 2.51. The van der Waals surface area contributed by atoms with Crippen LogP contribution in [0.3, 0.4) is 0 Å². The predicted octanol–water partition coefficient (Wildman–Crippen LogP) is 4.50. The van der Waals surface area contributed by atoms with Crippen LogP contribution in [-0.2, 0) is 24.2 Å². The lowest BCUT2D eigenvalue weighted by molar-refractivity contribution is 0.0250. The Hall–Kier alpha value is -2.05. The highest BCUT2D eigenvalue weighted by atomic mass is 32.1. The molecule has 1 fully saturated rings. The Balaban J connectivity index is 1.26. The van der Waals surface area contributed by atoms with Crippen LogP contribution in [0.2, 0.25) is 0 Å². The van der Waals surface area contributed by atoms with E-state index in [1.165, 1.54) is 40.8 Å². The van der Waals surface area contributed by atoms with E-state index >= 15 is 0 Å². The smallest absolute Gasteiger partial charge is 0.141 e. The van der Waals surface area contributed by atoms with Crippen molar-refractivity contribution in [2.45, 2.75) is 44.8 Å². The summed E-state index contributed by atoms with van der Waals surface area (Å²) in [5.74, 6) is 0.902. The fourth-order valence-corrected chi connectivity index (χ4v) is 5.40. The molecule has 0 saturated carbocycles. The lowest BCUT2D eigenvalue weighted by atomic mass is 10.1. The summed E-state index contributed by atoms with van der Waals surface area (Å²) in [6, 6.07) is 6.56. The van der Waals surface area contributed by atoms with Gasteiger partial charge in [-0.25, -0.2) is 14.4 Å². The van der Waals surface area contributed by atoms with Crippen molar-refractivity contribution in [1.29, 1.82) is 0 Å². The van der Waals surface area contributed by atoms with Crippen LogP contribution in [0.5, 0.6) is 0 Å². The summed E-state index contributed by atoms with van der Waals surface area (Å²) >= 11 is 1.84. The van der Waals surface area contributed by atoms with Crippen LogP contribution in [0.1, 0.15) is 35.3 Å². The van der Waals surface area contributed by atoms with Crippen molar-refractivity contribution in [2.75, 3.05) is 18.0 Å². The zero-order chi connectivity index (χ0) is 18.2. The fraction of sp³-hybridized carbons (Fsp3) is 0.429. The van der Waals surface area contributed by atoms with E-state index in [4.69, 9.17) is 4.74 Å². The van der Waals surface area contributed by atoms with Gasteiger partial charge in [-0.05, 0) is 55.4 Å². The zero-order valence-electron chi connectivity index (χ0n) is 15.2. The number of fused-ring (bicyclic) bond motifs is 3. The van der Waals surface area contributed by atoms with Crippen LogP contribution < -0.4 is 4.90 Å². The zero-order valence-corrected chi connectivity index (χ0v) is 16.0. The van der Waals surface area contributed by atoms with Crippen LogP contribution in [-0.4, -0.2) is 29.2 Å². The van der Waals surface area contributed by atoms with Crippen molar-refractivity contribution >= 4 is 27.4 Å². The van der Waals surface area contributed by atoms with Gasteiger partial charge in [-0.1, -0.05) is 12.1 Å². The molecule has 1 aromatic carbocycles. The minimum atomic E-state index is -0.205. The molecule has 27 heavy (non-hydrogen) atoms. The van der Waals surface area contributed by atoms with Crippen LogP contribution in [0.25, 0.3) is 10.2 Å². The molecule has 3 aromatic rings. The fourth-order valence-electron chi connectivity index (χ4n) is 4.18. The molecule has 5 rings (SSSR count). The molecular weight excluding hydrogens is 361 g/mol. The number of piperidine rings is 1. The Morgan fingerprint density at radius 3 is 2.74 bits per heavy atom. The first kappa shape index (κ1) is 17.1. The van der Waals surface area contributed by atoms with Gasteiger partial charge in [-0.2, -0.15) is 0 Å². The van der Waals surface area contributed by atoms with E-state index in [0.717, 1.165) is 48.6 Å². The largest absolute Gasteiger partial charge is 0.373 e. The number of hydrogen-bond donors (Lipinski definition) is 0. The number of rotatable bonds is 4. The maximum absolute atomic E-state index is 13.0. The van der Waals surface area contributed by atoms with Gasteiger partial charge in [0.15, 0.2) is 0 Å². The van der Waals surface area contributed by atoms with E-state index in [9.17, 15) is 4.39 Å². The molecular formula is C21H22FN3OS. The van der Waals surface area contributed by atoms with Gasteiger partial charge >= 0.3 is 0 Å². The molecule has 0 amide bonds. The topological polar surface area (TPSA) is 38.2 Å². The van der Waals surface area contributed by atoms with Crippen LogP contribution in [0.4, 0.5) is 10.2 Å². The molecule has 140 valence electrons. The molecule has 1 aliphatic heterocycles. The van der Waals surface area contributed by atoms with Crippen molar-refractivity contribution < 1.29 is 9.13 Å². The van der Waals surface area contributed by atoms with E-state index in [1.807, 2.05) is 11.3 Å². The second-order valence-electron chi connectivity index (χ2n) is 7.36. The molecule has 0 atom stereocenters. The van der Waals surface area contributed by atoms with Gasteiger partial charge in [0.05, 0.1) is 18.1 Å². The highest BCUT2D eigenvalue weighted by Crippen LogP contribution is 2.40. The van der Waals surface area contributed by atoms with Gasteiger partial charge < -0.3 is 9.64 Å². The molecule has 0 bridgehead atoms. The quantitative estimate of drug-likeness (QED) is 0.665. The van der Waals surface area contributed by atoms with Crippen LogP contribution >= 0.6 is 11.3 Å². The number of thiophene rings is 1. The van der Waals surface area contributed by atoms with Gasteiger partial charge in [-0.3, -0.25) is 0 Å². The molecule has 3 heterocycles. The molecule has 4 nitrogen and oxygen atoms in total. The first-order chi connectivity index (χ1) is 13.3. The van der Waals surface area contributed by atoms with Crippen molar-refractivity contribution in [3.05, 3.63) is 52.4 Å². The van der Waals surface area contributed by atoms with Crippen LogP contribution in [0, 0.1) is 5.82 Å². The van der Waals surface area contributed by atoms with Crippen molar-refractivity contribution in [3.8, 4) is 0 Å². The molecule has 1 aliphatic carbocycles.